The number of methoxy groups -OCH3 is 1. The first-order chi connectivity index (χ1) is 17.5. The molecule has 10 nitrogen and oxygen atoms in total. The number of aromatic amines is 1. The molecule has 1 aromatic heterocycles. The molecule has 188 valence electrons. The molecular weight excluding hydrogens is 464 g/mol. The minimum absolute atomic E-state index is 0.0565. The Balaban J connectivity index is 1.42. The Morgan fingerprint density at radius 2 is 2.06 bits per heavy atom. The molecule has 2 aromatic carbocycles. The van der Waals surface area contributed by atoms with Crippen molar-refractivity contribution in [3.05, 3.63) is 79.5 Å². The summed E-state index contributed by atoms with van der Waals surface area (Å²) in [6, 6.07) is 11.5. The van der Waals surface area contributed by atoms with E-state index in [9.17, 15) is 14.7 Å². The van der Waals surface area contributed by atoms with E-state index in [4.69, 9.17) is 14.2 Å². The van der Waals surface area contributed by atoms with Gasteiger partial charge in [0.05, 0.1) is 19.7 Å². The number of benzene rings is 2. The van der Waals surface area contributed by atoms with E-state index in [0.29, 0.717) is 30.2 Å². The Hall–Kier alpha value is -4.05. The van der Waals surface area contributed by atoms with Gasteiger partial charge in [0.1, 0.15) is 5.56 Å². The third-order valence-electron chi connectivity index (χ3n) is 6.72. The van der Waals surface area contributed by atoms with Crippen molar-refractivity contribution in [2.45, 2.75) is 25.4 Å². The van der Waals surface area contributed by atoms with Crippen LogP contribution in [0.4, 0.5) is 0 Å². The summed E-state index contributed by atoms with van der Waals surface area (Å²) in [7, 11) is 3.60. The minimum atomic E-state index is -0.685. The molecule has 0 aliphatic carbocycles. The largest absolute Gasteiger partial charge is 0.494 e. The first kappa shape index (κ1) is 23.7. The van der Waals surface area contributed by atoms with Crippen molar-refractivity contribution in [1.29, 1.82) is 0 Å². The molecule has 0 saturated carbocycles. The molecule has 2 aliphatic rings. The van der Waals surface area contributed by atoms with Crippen LogP contribution in [0, 0.1) is 0 Å². The van der Waals surface area contributed by atoms with Crippen LogP contribution in [0.3, 0.4) is 0 Å². The number of aromatic hydroxyl groups is 1. The van der Waals surface area contributed by atoms with E-state index in [-0.39, 0.29) is 24.9 Å². The third kappa shape index (κ3) is 4.35. The molecule has 0 bridgehead atoms. The highest BCUT2D eigenvalue weighted by Gasteiger charge is 2.33. The van der Waals surface area contributed by atoms with Gasteiger partial charge in [0.25, 0.3) is 5.56 Å². The van der Waals surface area contributed by atoms with Gasteiger partial charge in [-0.05, 0) is 37.1 Å². The molecule has 0 fully saturated rings. The van der Waals surface area contributed by atoms with Crippen molar-refractivity contribution in [2.24, 2.45) is 4.99 Å². The zero-order valence-electron chi connectivity index (χ0n) is 20.2. The van der Waals surface area contributed by atoms with Crippen LogP contribution >= 0.6 is 0 Å². The van der Waals surface area contributed by atoms with E-state index in [0.717, 1.165) is 34.2 Å². The van der Waals surface area contributed by atoms with Gasteiger partial charge in [-0.15, -0.1) is 0 Å². The predicted octanol–water partition coefficient (Wildman–Crippen LogP) is 1.87. The number of aryl methyl sites for hydroxylation is 1. The summed E-state index contributed by atoms with van der Waals surface area (Å²) in [5.41, 5.74) is 1.68. The first-order valence-corrected chi connectivity index (χ1v) is 11.8. The summed E-state index contributed by atoms with van der Waals surface area (Å²) in [4.78, 5) is 33.8. The maximum atomic E-state index is 12.5. The maximum absolute atomic E-state index is 12.5. The average Bonchev–Trinajstić information content (AvgIpc) is 3.34. The Labute approximate surface area is 207 Å². The number of hydrogen-bond donors (Lipinski definition) is 2. The number of likely N-dealkylation sites (N-methyl/N-ethyl adjacent to an activating group) is 1. The van der Waals surface area contributed by atoms with Gasteiger partial charge in [-0.25, -0.2) is 4.79 Å². The van der Waals surface area contributed by atoms with Crippen molar-refractivity contribution in [3.8, 4) is 23.1 Å². The number of H-pyrrole nitrogens is 1. The molecule has 0 amide bonds. The smallest absolute Gasteiger partial charge is 0.331 e. The maximum Gasteiger partial charge on any atom is 0.331 e. The fourth-order valence-corrected chi connectivity index (χ4v) is 4.78. The zero-order valence-corrected chi connectivity index (χ0v) is 20.2. The van der Waals surface area contributed by atoms with Crippen molar-refractivity contribution in [1.82, 2.24) is 14.5 Å². The second-order valence-corrected chi connectivity index (χ2v) is 8.84. The van der Waals surface area contributed by atoms with Gasteiger partial charge in [0.2, 0.25) is 18.4 Å². The molecule has 0 unspecified atom stereocenters. The van der Waals surface area contributed by atoms with Gasteiger partial charge < -0.3 is 19.3 Å². The molecule has 10 heteroatoms. The van der Waals surface area contributed by atoms with Gasteiger partial charge in [-0.2, -0.15) is 0 Å². The summed E-state index contributed by atoms with van der Waals surface area (Å²) in [6.45, 7) is 1.48. The van der Waals surface area contributed by atoms with Crippen LogP contribution in [-0.4, -0.2) is 59.8 Å². The second-order valence-electron chi connectivity index (χ2n) is 8.84. The van der Waals surface area contributed by atoms with E-state index in [2.05, 4.69) is 14.9 Å². The lowest BCUT2D eigenvalue weighted by Gasteiger charge is -2.35. The van der Waals surface area contributed by atoms with E-state index in [1.165, 1.54) is 6.21 Å². The molecule has 0 radical (unpaired) electrons. The van der Waals surface area contributed by atoms with Crippen LogP contribution < -0.4 is 25.5 Å². The number of fused-ring (bicyclic) bond motifs is 2. The first-order valence-electron chi connectivity index (χ1n) is 11.8. The average molecular weight is 493 g/mol. The van der Waals surface area contributed by atoms with Crippen molar-refractivity contribution < 1.29 is 19.3 Å². The number of nitrogens with one attached hydrogen (secondary N) is 1. The number of hydrogen-bond acceptors (Lipinski definition) is 8. The summed E-state index contributed by atoms with van der Waals surface area (Å²) in [6.07, 6.45) is 2.68. The van der Waals surface area contributed by atoms with E-state index in [1.54, 1.807) is 7.11 Å². The van der Waals surface area contributed by atoms with E-state index >= 15 is 0 Å². The van der Waals surface area contributed by atoms with Crippen molar-refractivity contribution in [3.63, 3.8) is 0 Å². The molecular formula is C26H28N4O6. The fraction of sp³-hybridized carbons (Fsp3) is 0.346. The van der Waals surface area contributed by atoms with Crippen molar-refractivity contribution in [2.75, 3.05) is 34.0 Å². The van der Waals surface area contributed by atoms with Gasteiger partial charge >= 0.3 is 5.69 Å². The predicted molar refractivity (Wildman–Crippen MR) is 134 cm³/mol. The fourth-order valence-electron chi connectivity index (χ4n) is 4.78. The molecule has 2 aliphatic heterocycles. The molecule has 2 N–H and O–H groups in total. The molecule has 5 rings (SSSR count). The Morgan fingerprint density at radius 3 is 2.83 bits per heavy atom. The number of aromatic nitrogens is 2. The van der Waals surface area contributed by atoms with Crippen LogP contribution in [-0.2, 0) is 19.4 Å². The Kier molecular flexibility index (Phi) is 6.51. The lowest BCUT2D eigenvalue weighted by Crippen LogP contribution is -2.34. The number of rotatable bonds is 7. The zero-order chi connectivity index (χ0) is 25.2. The van der Waals surface area contributed by atoms with Gasteiger partial charge in [0, 0.05) is 24.9 Å². The van der Waals surface area contributed by atoms with E-state index < -0.39 is 17.1 Å². The molecule has 0 saturated heterocycles. The lowest BCUT2D eigenvalue weighted by molar-refractivity contribution is 0.170. The molecule has 1 atom stereocenters. The standard InChI is InChI=1S/C26H28N4O6/c1-29-10-9-17-12-20-22(36-15-35-20)23(34-2)21(17)19(29)14-27-13-18-24(31)28-26(33)30(25(18)32)11-8-16-6-4-3-5-7-16/h3-7,12-13,19,32H,8-11,14-15H2,1-2H3,(H,28,31,33)/t19-/m1/s1. The summed E-state index contributed by atoms with van der Waals surface area (Å²) >= 11 is 0. The third-order valence-corrected chi connectivity index (χ3v) is 6.72. The highest BCUT2D eigenvalue weighted by molar-refractivity contribution is 5.81. The van der Waals surface area contributed by atoms with Gasteiger partial charge in [-0.1, -0.05) is 30.3 Å². The van der Waals surface area contributed by atoms with Crippen LogP contribution in [0.25, 0.3) is 0 Å². The van der Waals surface area contributed by atoms with Gasteiger partial charge in [-0.3, -0.25) is 24.2 Å². The van der Waals surface area contributed by atoms with Crippen LogP contribution in [0.1, 0.15) is 28.3 Å². The number of aliphatic imine (C=N–C) groups is 1. The highest BCUT2D eigenvalue weighted by atomic mass is 16.7. The summed E-state index contributed by atoms with van der Waals surface area (Å²) in [5.74, 6) is 1.48. The van der Waals surface area contributed by atoms with Crippen LogP contribution in [0.2, 0.25) is 0 Å². The van der Waals surface area contributed by atoms with Crippen LogP contribution in [0.15, 0.2) is 51.0 Å². The second kappa shape index (κ2) is 9.90. The molecule has 36 heavy (non-hydrogen) atoms. The molecule has 3 aromatic rings. The van der Waals surface area contributed by atoms with Gasteiger partial charge in [0.15, 0.2) is 11.5 Å². The monoisotopic (exact) mass is 492 g/mol. The summed E-state index contributed by atoms with van der Waals surface area (Å²) in [5, 5.41) is 10.8. The quantitative estimate of drug-likeness (QED) is 0.484. The topological polar surface area (TPSA) is 118 Å². The van der Waals surface area contributed by atoms with Crippen LogP contribution in [0.5, 0.6) is 23.1 Å². The Morgan fingerprint density at radius 1 is 1.25 bits per heavy atom. The number of nitrogens with zero attached hydrogens (tertiary/aromatic N) is 3. The molecule has 0 spiro atoms. The Bertz CT molecular complexity index is 1410. The molecule has 3 heterocycles. The highest BCUT2D eigenvalue weighted by Crippen LogP contribution is 2.49. The normalized spacial score (nSPS) is 16.9. The van der Waals surface area contributed by atoms with E-state index in [1.807, 2.05) is 43.4 Å². The summed E-state index contributed by atoms with van der Waals surface area (Å²) < 4.78 is 18.1. The van der Waals surface area contributed by atoms with Crippen molar-refractivity contribution >= 4 is 6.21 Å². The minimum Gasteiger partial charge on any atom is -0.494 e. The SMILES string of the molecule is COc1c2c(cc3c1[C@@H](CN=Cc1c(O)n(CCc4ccccc4)c(=O)[nH]c1=O)N(C)CC3)OCO2. The number of ether oxygens (including phenoxy) is 3. The lowest BCUT2D eigenvalue weighted by atomic mass is 9.91.